The summed E-state index contributed by atoms with van der Waals surface area (Å²) in [7, 11) is 0. The van der Waals surface area contributed by atoms with E-state index in [9.17, 15) is 4.79 Å². The Morgan fingerprint density at radius 3 is 2.48 bits per heavy atom. The number of rotatable bonds is 3. The molecule has 2 rings (SSSR count). The van der Waals surface area contributed by atoms with Crippen molar-refractivity contribution in [2.24, 2.45) is 0 Å². The van der Waals surface area contributed by atoms with Crippen LogP contribution in [0, 0.1) is 0 Å². The van der Waals surface area contributed by atoms with Crippen molar-refractivity contribution in [3.63, 3.8) is 0 Å². The van der Waals surface area contributed by atoms with E-state index in [0.717, 1.165) is 11.7 Å². The molecule has 5 nitrogen and oxygen atoms in total. The normalized spacial score (nSPS) is 13.2. The maximum atomic E-state index is 12.1. The SMILES string of the molecule is CC(Nc1c(Cl)cc(Cl)c2nsnc12)C(=O)NC(C)(C)C. The summed E-state index contributed by atoms with van der Waals surface area (Å²) in [6.45, 7) is 7.54. The molecule has 0 radical (unpaired) electrons. The molecule has 1 amide bonds. The highest BCUT2D eigenvalue weighted by molar-refractivity contribution is 7.00. The highest BCUT2D eigenvalue weighted by atomic mass is 35.5. The lowest BCUT2D eigenvalue weighted by atomic mass is 10.1. The molecule has 8 heteroatoms. The molecule has 1 unspecified atom stereocenters. The van der Waals surface area contributed by atoms with Crippen LogP contribution in [0.3, 0.4) is 0 Å². The van der Waals surface area contributed by atoms with Crippen LogP contribution in [0.25, 0.3) is 11.0 Å². The first kappa shape index (κ1) is 16.3. The standard InChI is InChI=1S/C13H16Cl2N4OS/c1-6(12(20)17-13(2,3)4)16-9-7(14)5-8(15)10-11(9)19-21-18-10/h5-6,16H,1-4H3,(H,17,20). The molecule has 2 aromatic rings. The highest BCUT2D eigenvalue weighted by Gasteiger charge is 2.22. The molecule has 1 aromatic heterocycles. The quantitative estimate of drug-likeness (QED) is 0.888. The lowest BCUT2D eigenvalue weighted by molar-refractivity contribution is -0.122. The van der Waals surface area contributed by atoms with Crippen LogP contribution in [0.15, 0.2) is 6.07 Å². The molecule has 1 heterocycles. The van der Waals surface area contributed by atoms with E-state index < -0.39 is 6.04 Å². The van der Waals surface area contributed by atoms with Gasteiger partial charge < -0.3 is 10.6 Å². The topological polar surface area (TPSA) is 66.9 Å². The Morgan fingerprint density at radius 2 is 1.86 bits per heavy atom. The molecule has 0 aliphatic heterocycles. The zero-order valence-corrected chi connectivity index (χ0v) is 14.4. The number of hydrogen-bond donors (Lipinski definition) is 2. The molecule has 0 spiro atoms. The van der Waals surface area contributed by atoms with E-state index in [1.807, 2.05) is 20.8 Å². The van der Waals surface area contributed by atoms with Crippen molar-refractivity contribution in [3.05, 3.63) is 16.1 Å². The third-order valence-electron chi connectivity index (χ3n) is 2.70. The van der Waals surface area contributed by atoms with Gasteiger partial charge in [-0.1, -0.05) is 23.2 Å². The van der Waals surface area contributed by atoms with E-state index in [0.29, 0.717) is 26.8 Å². The van der Waals surface area contributed by atoms with Gasteiger partial charge in [-0.15, -0.1) is 0 Å². The van der Waals surface area contributed by atoms with Crippen molar-refractivity contribution in [2.75, 3.05) is 5.32 Å². The van der Waals surface area contributed by atoms with Crippen molar-refractivity contribution in [2.45, 2.75) is 39.3 Å². The molecule has 0 saturated carbocycles. The number of aromatic nitrogens is 2. The Kier molecular flexibility index (Phi) is 4.60. The molecular weight excluding hydrogens is 331 g/mol. The van der Waals surface area contributed by atoms with Gasteiger partial charge in [-0.2, -0.15) is 8.75 Å². The van der Waals surface area contributed by atoms with Crippen molar-refractivity contribution >= 4 is 57.6 Å². The van der Waals surface area contributed by atoms with Crippen LogP contribution in [0.2, 0.25) is 10.0 Å². The van der Waals surface area contributed by atoms with E-state index in [1.54, 1.807) is 13.0 Å². The molecule has 0 fully saturated rings. The summed E-state index contributed by atoms with van der Waals surface area (Å²) in [5, 5.41) is 6.86. The van der Waals surface area contributed by atoms with Gasteiger partial charge in [-0.05, 0) is 33.8 Å². The summed E-state index contributed by atoms with van der Waals surface area (Å²) in [4.78, 5) is 12.1. The van der Waals surface area contributed by atoms with Crippen LogP contribution in [0.4, 0.5) is 5.69 Å². The molecule has 0 aliphatic carbocycles. The zero-order chi connectivity index (χ0) is 15.8. The first-order valence-electron chi connectivity index (χ1n) is 6.38. The minimum Gasteiger partial charge on any atom is -0.371 e. The summed E-state index contributed by atoms with van der Waals surface area (Å²) in [5.74, 6) is -0.121. The number of anilines is 1. The number of carbonyl (C=O) groups is 1. The van der Waals surface area contributed by atoms with Gasteiger partial charge >= 0.3 is 0 Å². The second-order valence-corrected chi connectivity index (χ2v) is 7.12. The lowest BCUT2D eigenvalue weighted by Crippen LogP contribution is -2.47. The largest absolute Gasteiger partial charge is 0.371 e. The number of hydrogen-bond acceptors (Lipinski definition) is 5. The molecule has 1 aromatic carbocycles. The van der Waals surface area contributed by atoms with Crippen molar-refractivity contribution < 1.29 is 4.79 Å². The summed E-state index contributed by atoms with van der Waals surface area (Å²) in [5.41, 5.74) is 1.43. The molecule has 2 N–H and O–H groups in total. The average Bonchev–Trinajstić information content (AvgIpc) is 2.81. The lowest BCUT2D eigenvalue weighted by Gasteiger charge is -2.24. The van der Waals surface area contributed by atoms with Crippen LogP contribution >= 0.6 is 34.9 Å². The van der Waals surface area contributed by atoms with Crippen LogP contribution in [-0.2, 0) is 4.79 Å². The third-order valence-corrected chi connectivity index (χ3v) is 3.81. The van der Waals surface area contributed by atoms with E-state index in [2.05, 4.69) is 19.4 Å². The smallest absolute Gasteiger partial charge is 0.242 e. The van der Waals surface area contributed by atoms with Gasteiger partial charge in [0.1, 0.15) is 17.1 Å². The minimum absolute atomic E-state index is 0.121. The first-order valence-corrected chi connectivity index (χ1v) is 7.86. The number of amides is 1. The summed E-state index contributed by atoms with van der Waals surface area (Å²) >= 11 is 13.3. The molecule has 114 valence electrons. The number of nitrogens with one attached hydrogen (secondary N) is 2. The molecule has 0 aliphatic rings. The summed E-state index contributed by atoms with van der Waals surface area (Å²) < 4.78 is 8.33. The Labute approximate surface area is 137 Å². The van der Waals surface area contributed by atoms with E-state index in [4.69, 9.17) is 23.2 Å². The molecule has 1 atom stereocenters. The van der Waals surface area contributed by atoms with Gasteiger partial charge in [0.15, 0.2) is 0 Å². The number of fused-ring (bicyclic) bond motifs is 1. The van der Waals surface area contributed by atoms with Gasteiger partial charge in [-0.3, -0.25) is 4.79 Å². The third kappa shape index (κ3) is 3.75. The number of nitrogens with zero attached hydrogens (tertiary/aromatic N) is 2. The Morgan fingerprint density at radius 1 is 1.24 bits per heavy atom. The Hall–Kier alpha value is -1.11. The molecule has 0 saturated heterocycles. The van der Waals surface area contributed by atoms with E-state index in [-0.39, 0.29) is 11.4 Å². The summed E-state index contributed by atoms with van der Waals surface area (Å²) in [6, 6.07) is 1.14. The maximum absolute atomic E-state index is 12.1. The van der Waals surface area contributed by atoms with Crippen molar-refractivity contribution in [3.8, 4) is 0 Å². The molecule has 0 bridgehead atoms. The van der Waals surface area contributed by atoms with Crippen molar-refractivity contribution in [1.82, 2.24) is 14.1 Å². The summed E-state index contributed by atoms with van der Waals surface area (Å²) in [6.07, 6.45) is 0. The first-order chi connectivity index (χ1) is 9.69. The van der Waals surface area contributed by atoms with Gasteiger partial charge in [0.05, 0.1) is 27.5 Å². The maximum Gasteiger partial charge on any atom is 0.242 e. The number of carbonyl (C=O) groups excluding carboxylic acids is 1. The predicted octanol–water partition coefficient (Wildman–Crippen LogP) is 3.71. The van der Waals surface area contributed by atoms with Gasteiger partial charge in [0.25, 0.3) is 0 Å². The van der Waals surface area contributed by atoms with Gasteiger partial charge in [0.2, 0.25) is 5.91 Å². The molecule has 21 heavy (non-hydrogen) atoms. The number of halogens is 2. The second kappa shape index (κ2) is 5.94. The van der Waals surface area contributed by atoms with Crippen molar-refractivity contribution in [1.29, 1.82) is 0 Å². The van der Waals surface area contributed by atoms with Crippen LogP contribution in [0.5, 0.6) is 0 Å². The van der Waals surface area contributed by atoms with E-state index >= 15 is 0 Å². The highest BCUT2D eigenvalue weighted by Crippen LogP contribution is 2.35. The average molecular weight is 347 g/mol. The number of benzene rings is 1. The van der Waals surface area contributed by atoms with Gasteiger partial charge in [0, 0.05) is 5.54 Å². The fourth-order valence-corrected chi connectivity index (χ4v) is 2.94. The predicted molar refractivity (Wildman–Crippen MR) is 88.4 cm³/mol. The Bertz CT molecular complexity index is 681. The second-order valence-electron chi connectivity index (χ2n) is 5.78. The van der Waals surface area contributed by atoms with Gasteiger partial charge in [-0.25, -0.2) is 0 Å². The van der Waals surface area contributed by atoms with Crippen LogP contribution in [-0.4, -0.2) is 26.2 Å². The fraction of sp³-hybridized carbons (Fsp3) is 0.462. The fourth-order valence-electron chi connectivity index (χ4n) is 1.77. The zero-order valence-electron chi connectivity index (χ0n) is 12.1. The molecular formula is C13H16Cl2N4OS. The van der Waals surface area contributed by atoms with Crippen LogP contribution in [0.1, 0.15) is 27.7 Å². The Balaban J connectivity index is 2.28. The monoisotopic (exact) mass is 346 g/mol. The van der Waals surface area contributed by atoms with Crippen LogP contribution < -0.4 is 10.6 Å². The van der Waals surface area contributed by atoms with E-state index in [1.165, 1.54) is 0 Å². The minimum atomic E-state index is -0.465.